The molecule has 1 aromatic rings. The standard InChI is InChI=1S/C17H22N2O3/c1-12-4-3-5-14-15(10-13(2)18-17(12)14)22-11-16(20)19-6-8-21-9-7-19/h3-5,15H,6-11H2,1-2H3/t15-/m0/s1. The largest absolute Gasteiger partial charge is 0.378 e. The molecule has 22 heavy (non-hydrogen) atoms. The van der Waals surface area contributed by atoms with Crippen LogP contribution in [0, 0.1) is 6.92 Å². The van der Waals surface area contributed by atoms with Gasteiger partial charge in [-0.1, -0.05) is 18.2 Å². The first-order valence-electron chi connectivity index (χ1n) is 7.76. The number of hydrogen-bond donors (Lipinski definition) is 0. The summed E-state index contributed by atoms with van der Waals surface area (Å²) in [4.78, 5) is 18.7. The number of benzene rings is 1. The molecule has 118 valence electrons. The van der Waals surface area contributed by atoms with E-state index in [0.717, 1.165) is 28.9 Å². The van der Waals surface area contributed by atoms with Crippen molar-refractivity contribution in [3.8, 4) is 0 Å². The SMILES string of the molecule is CC1=Nc2c(C)cccc2[C@@H](OCC(=O)N2CCOCC2)C1. The smallest absolute Gasteiger partial charge is 0.248 e. The second-order valence-electron chi connectivity index (χ2n) is 5.86. The third-order valence-corrected chi connectivity index (χ3v) is 4.17. The molecule has 5 heteroatoms. The molecule has 2 heterocycles. The summed E-state index contributed by atoms with van der Waals surface area (Å²) >= 11 is 0. The van der Waals surface area contributed by atoms with Gasteiger partial charge in [-0.25, -0.2) is 0 Å². The van der Waals surface area contributed by atoms with Crippen LogP contribution < -0.4 is 0 Å². The number of carbonyl (C=O) groups excluding carboxylic acids is 1. The Morgan fingerprint density at radius 1 is 1.36 bits per heavy atom. The Bertz CT molecular complexity index is 592. The average Bonchev–Trinajstić information content (AvgIpc) is 2.54. The van der Waals surface area contributed by atoms with Gasteiger partial charge in [0.1, 0.15) is 6.61 Å². The molecule has 0 spiro atoms. The molecule has 1 saturated heterocycles. The highest BCUT2D eigenvalue weighted by molar-refractivity contribution is 5.88. The molecule has 3 rings (SSSR count). The topological polar surface area (TPSA) is 51.1 Å². The minimum Gasteiger partial charge on any atom is -0.378 e. The molecule has 1 amide bonds. The van der Waals surface area contributed by atoms with E-state index in [-0.39, 0.29) is 18.6 Å². The Hall–Kier alpha value is -1.72. The second-order valence-corrected chi connectivity index (χ2v) is 5.86. The van der Waals surface area contributed by atoms with Crippen molar-refractivity contribution >= 4 is 17.3 Å². The van der Waals surface area contributed by atoms with Gasteiger partial charge in [0.2, 0.25) is 5.91 Å². The van der Waals surface area contributed by atoms with E-state index < -0.39 is 0 Å². The Morgan fingerprint density at radius 2 is 2.14 bits per heavy atom. The van der Waals surface area contributed by atoms with Gasteiger partial charge in [-0.3, -0.25) is 9.79 Å². The van der Waals surface area contributed by atoms with Crippen molar-refractivity contribution in [1.82, 2.24) is 4.90 Å². The molecule has 5 nitrogen and oxygen atoms in total. The van der Waals surface area contributed by atoms with Crippen molar-refractivity contribution in [2.75, 3.05) is 32.9 Å². The lowest BCUT2D eigenvalue weighted by Gasteiger charge is -2.29. The van der Waals surface area contributed by atoms with Gasteiger partial charge < -0.3 is 14.4 Å². The maximum absolute atomic E-state index is 12.2. The molecule has 1 fully saturated rings. The van der Waals surface area contributed by atoms with Gasteiger partial charge in [-0.05, 0) is 19.4 Å². The van der Waals surface area contributed by atoms with Crippen molar-refractivity contribution in [2.45, 2.75) is 26.4 Å². The maximum atomic E-state index is 12.2. The molecular weight excluding hydrogens is 280 g/mol. The highest BCUT2D eigenvalue weighted by atomic mass is 16.5. The number of hydrogen-bond acceptors (Lipinski definition) is 4. The number of para-hydroxylation sites is 1. The third kappa shape index (κ3) is 3.20. The lowest BCUT2D eigenvalue weighted by molar-refractivity contribution is -0.142. The van der Waals surface area contributed by atoms with E-state index in [2.05, 4.69) is 18.0 Å². The Morgan fingerprint density at radius 3 is 2.91 bits per heavy atom. The number of morpholine rings is 1. The fourth-order valence-electron chi connectivity index (χ4n) is 2.93. The van der Waals surface area contributed by atoms with E-state index in [0.29, 0.717) is 26.3 Å². The van der Waals surface area contributed by atoms with Crippen LogP contribution >= 0.6 is 0 Å². The maximum Gasteiger partial charge on any atom is 0.248 e. The number of nitrogens with zero attached hydrogens (tertiary/aromatic N) is 2. The molecule has 0 bridgehead atoms. The third-order valence-electron chi connectivity index (χ3n) is 4.17. The van der Waals surface area contributed by atoms with Gasteiger partial charge in [0.25, 0.3) is 0 Å². The average molecular weight is 302 g/mol. The van der Waals surface area contributed by atoms with Gasteiger partial charge in [-0.15, -0.1) is 0 Å². The van der Waals surface area contributed by atoms with E-state index in [4.69, 9.17) is 9.47 Å². The molecular formula is C17H22N2O3. The van der Waals surface area contributed by atoms with Crippen LogP contribution in [-0.2, 0) is 14.3 Å². The number of aliphatic imine (C=N–C) groups is 1. The van der Waals surface area contributed by atoms with Crippen molar-refractivity contribution in [3.05, 3.63) is 29.3 Å². The molecule has 0 unspecified atom stereocenters. The summed E-state index contributed by atoms with van der Waals surface area (Å²) in [7, 11) is 0. The number of ether oxygens (including phenoxy) is 2. The molecule has 2 aliphatic rings. The molecule has 2 aliphatic heterocycles. The van der Waals surface area contributed by atoms with Gasteiger partial charge in [0.05, 0.1) is 25.0 Å². The van der Waals surface area contributed by atoms with Crippen LogP contribution in [0.2, 0.25) is 0 Å². The summed E-state index contributed by atoms with van der Waals surface area (Å²) in [6.45, 7) is 6.72. The normalized spacial score (nSPS) is 21.3. The van der Waals surface area contributed by atoms with Crippen molar-refractivity contribution < 1.29 is 14.3 Å². The van der Waals surface area contributed by atoms with Crippen LogP contribution in [0.1, 0.15) is 30.6 Å². The van der Waals surface area contributed by atoms with E-state index in [1.165, 1.54) is 0 Å². The predicted molar refractivity (Wildman–Crippen MR) is 84.7 cm³/mol. The quantitative estimate of drug-likeness (QED) is 0.861. The summed E-state index contributed by atoms with van der Waals surface area (Å²) in [6, 6.07) is 6.11. The summed E-state index contributed by atoms with van der Waals surface area (Å²) in [6.07, 6.45) is 0.657. The molecule has 1 atom stereocenters. The van der Waals surface area contributed by atoms with E-state index in [1.54, 1.807) is 0 Å². The Balaban J connectivity index is 1.67. The number of aryl methyl sites for hydroxylation is 1. The minimum absolute atomic E-state index is 0.0395. The molecule has 0 radical (unpaired) electrons. The number of carbonyl (C=O) groups is 1. The van der Waals surface area contributed by atoms with Crippen molar-refractivity contribution in [3.63, 3.8) is 0 Å². The monoisotopic (exact) mass is 302 g/mol. The zero-order valence-electron chi connectivity index (χ0n) is 13.2. The summed E-state index contributed by atoms with van der Waals surface area (Å²) < 4.78 is 11.2. The fourth-order valence-corrected chi connectivity index (χ4v) is 2.93. The van der Waals surface area contributed by atoms with Crippen LogP contribution in [0.15, 0.2) is 23.2 Å². The van der Waals surface area contributed by atoms with Crippen LogP contribution in [0.5, 0.6) is 0 Å². The van der Waals surface area contributed by atoms with E-state index >= 15 is 0 Å². The minimum atomic E-state index is -0.0857. The first kappa shape index (κ1) is 15.2. The van der Waals surface area contributed by atoms with Crippen molar-refractivity contribution in [2.24, 2.45) is 4.99 Å². The van der Waals surface area contributed by atoms with Crippen LogP contribution in [0.4, 0.5) is 5.69 Å². The van der Waals surface area contributed by atoms with Gasteiger partial charge >= 0.3 is 0 Å². The van der Waals surface area contributed by atoms with Gasteiger partial charge in [-0.2, -0.15) is 0 Å². The van der Waals surface area contributed by atoms with Crippen LogP contribution in [-0.4, -0.2) is 49.4 Å². The Labute approximate surface area is 130 Å². The molecule has 0 N–H and O–H groups in total. The highest BCUT2D eigenvalue weighted by Crippen LogP contribution is 2.37. The van der Waals surface area contributed by atoms with Gasteiger partial charge in [0.15, 0.2) is 0 Å². The van der Waals surface area contributed by atoms with Crippen LogP contribution in [0.25, 0.3) is 0 Å². The van der Waals surface area contributed by atoms with Gasteiger partial charge in [0, 0.05) is 30.8 Å². The predicted octanol–water partition coefficient (Wildman–Crippen LogP) is 2.41. The first-order chi connectivity index (χ1) is 10.6. The van der Waals surface area contributed by atoms with E-state index in [1.807, 2.05) is 24.0 Å². The molecule has 0 aromatic heterocycles. The summed E-state index contributed by atoms with van der Waals surface area (Å²) in [5.74, 6) is 0.0395. The number of rotatable bonds is 3. The lowest BCUT2D eigenvalue weighted by Crippen LogP contribution is -2.42. The summed E-state index contributed by atoms with van der Waals surface area (Å²) in [5, 5.41) is 0. The van der Waals surface area contributed by atoms with Crippen LogP contribution in [0.3, 0.4) is 0 Å². The van der Waals surface area contributed by atoms with E-state index in [9.17, 15) is 4.79 Å². The lowest BCUT2D eigenvalue weighted by atomic mass is 9.96. The molecule has 0 saturated carbocycles. The zero-order chi connectivity index (χ0) is 15.5. The summed E-state index contributed by atoms with van der Waals surface area (Å²) in [5.41, 5.74) is 4.27. The number of amides is 1. The molecule has 1 aromatic carbocycles. The molecule has 0 aliphatic carbocycles. The second kappa shape index (κ2) is 6.58. The highest BCUT2D eigenvalue weighted by Gasteiger charge is 2.25. The van der Waals surface area contributed by atoms with Crippen molar-refractivity contribution in [1.29, 1.82) is 0 Å². The zero-order valence-corrected chi connectivity index (χ0v) is 13.2. The first-order valence-corrected chi connectivity index (χ1v) is 7.76. The number of fused-ring (bicyclic) bond motifs is 1. The fraction of sp³-hybridized carbons (Fsp3) is 0.529. The Kier molecular flexibility index (Phi) is 4.55.